The molecule has 0 N–H and O–H groups in total. The third-order valence-corrected chi connectivity index (χ3v) is 6.79. The molecule has 1 aromatic heterocycles. The number of amides is 1. The van der Waals surface area contributed by atoms with Crippen molar-refractivity contribution in [2.45, 2.75) is 46.3 Å². The highest BCUT2D eigenvalue weighted by Gasteiger charge is 2.34. The molecular formula is C20H26N2O5S. The summed E-state index contributed by atoms with van der Waals surface area (Å²) in [6, 6.07) is 6.70. The Morgan fingerprint density at radius 3 is 2.54 bits per heavy atom. The first-order chi connectivity index (χ1) is 13.3. The van der Waals surface area contributed by atoms with E-state index in [0.29, 0.717) is 30.9 Å². The van der Waals surface area contributed by atoms with Gasteiger partial charge >= 0.3 is 0 Å². The number of carbonyl (C=O) groups is 1. The molecule has 1 amide bonds. The van der Waals surface area contributed by atoms with Crippen LogP contribution in [0.25, 0.3) is 0 Å². The number of sulfone groups is 1. The molecule has 1 saturated heterocycles. The Morgan fingerprint density at radius 2 is 2.00 bits per heavy atom. The molecule has 0 bridgehead atoms. The molecule has 0 aliphatic carbocycles. The van der Waals surface area contributed by atoms with E-state index >= 15 is 0 Å². The fraction of sp³-hybridized carbons (Fsp3) is 0.500. The van der Waals surface area contributed by atoms with E-state index in [4.69, 9.17) is 9.26 Å². The summed E-state index contributed by atoms with van der Waals surface area (Å²) in [5, 5.41) is 3.90. The highest BCUT2D eigenvalue weighted by Crippen LogP contribution is 2.22. The quantitative estimate of drug-likeness (QED) is 0.702. The second kappa shape index (κ2) is 8.34. The van der Waals surface area contributed by atoms with Gasteiger partial charge in [-0.2, -0.15) is 0 Å². The first-order valence-corrected chi connectivity index (χ1v) is 11.3. The van der Waals surface area contributed by atoms with E-state index in [1.54, 1.807) is 29.2 Å². The molecule has 152 valence electrons. The number of aromatic nitrogens is 1. The molecule has 1 atom stereocenters. The summed E-state index contributed by atoms with van der Waals surface area (Å²) in [6.45, 7) is 6.57. The van der Waals surface area contributed by atoms with Gasteiger partial charge in [-0.25, -0.2) is 8.42 Å². The zero-order chi connectivity index (χ0) is 20.3. The van der Waals surface area contributed by atoms with Crippen molar-refractivity contribution < 1.29 is 22.5 Å². The van der Waals surface area contributed by atoms with Crippen molar-refractivity contribution in [3.8, 4) is 5.75 Å². The molecule has 8 heteroatoms. The molecule has 0 spiro atoms. The summed E-state index contributed by atoms with van der Waals surface area (Å²) >= 11 is 0. The number of hydrogen-bond acceptors (Lipinski definition) is 6. The minimum Gasteiger partial charge on any atom is -0.489 e. The molecule has 1 aliphatic heterocycles. The predicted molar refractivity (Wildman–Crippen MR) is 105 cm³/mol. The van der Waals surface area contributed by atoms with Gasteiger partial charge in [-0.3, -0.25) is 4.79 Å². The molecule has 1 unspecified atom stereocenters. The maximum atomic E-state index is 12.9. The minimum atomic E-state index is -3.04. The van der Waals surface area contributed by atoms with Crippen molar-refractivity contribution in [1.82, 2.24) is 10.1 Å². The molecule has 1 aliphatic rings. The lowest BCUT2D eigenvalue weighted by atomic mass is 10.1. The van der Waals surface area contributed by atoms with Crippen LogP contribution in [0.15, 0.2) is 28.8 Å². The molecular weight excluding hydrogens is 380 g/mol. The van der Waals surface area contributed by atoms with Crippen LogP contribution in [0.1, 0.15) is 47.1 Å². The van der Waals surface area contributed by atoms with Crippen LogP contribution in [0.4, 0.5) is 0 Å². The summed E-state index contributed by atoms with van der Waals surface area (Å²) in [7, 11) is -3.04. The third kappa shape index (κ3) is 4.55. The Kier molecular flexibility index (Phi) is 6.07. The third-order valence-electron chi connectivity index (χ3n) is 5.04. The Bertz CT molecular complexity index is 915. The van der Waals surface area contributed by atoms with Crippen LogP contribution >= 0.6 is 0 Å². The van der Waals surface area contributed by atoms with Crippen LogP contribution in [-0.2, 0) is 16.4 Å². The molecule has 3 rings (SSSR count). The van der Waals surface area contributed by atoms with Crippen LogP contribution in [0.2, 0.25) is 0 Å². The maximum absolute atomic E-state index is 12.9. The van der Waals surface area contributed by atoms with Gasteiger partial charge in [0.25, 0.3) is 5.91 Å². The lowest BCUT2D eigenvalue weighted by Gasteiger charge is -2.28. The number of hydrogen-bond donors (Lipinski definition) is 0. The molecule has 0 saturated carbocycles. The summed E-state index contributed by atoms with van der Waals surface area (Å²) in [5.41, 5.74) is 2.24. The zero-order valence-corrected chi connectivity index (χ0v) is 17.3. The van der Waals surface area contributed by atoms with Gasteiger partial charge < -0.3 is 14.2 Å². The van der Waals surface area contributed by atoms with E-state index in [1.165, 1.54) is 0 Å². The second-order valence-corrected chi connectivity index (χ2v) is 9.40. The fourth-order valence-electron chi connectivity index (χ4n) is 3.44. The zero-order valence-electron chi connectivity index (χ0n) is 16.5. The maximum Gasteiger partial charge on any atom is 0.254 e. The first-order valence-electron chi connectivity index (χ1n) is 9.46. The van der Waals surface area contributed by atoms with E-state index in [1.807, 2.05) is 20.8 Å². The van der Waals surface area contributed by atoms with Gasteiger partial charge in [0.15, 0.2) is 9.84 Å². The molecule has 7 nitrogen and oxygen atoms in total. The van der Waals surface area contributed by atoms with Crippen LogP contribution < -0.4 is 4.74 Å². The topological polar surface area (TPSA) is 89.7 Å². The molecule has 2 heterocycles. The highest BCUT2D eigenvalue weighted by atomic mass is 32.2. The van der Waals surface area contributed by atoms with Crippen LogP contribution in [0, 0.1) is 13.8 Å². The summed E-state index contributed by atoms with van der Waals surface area (Å²) in [4.78, 5) is 14.6. The van der Waals surface area contributed by atoms with Crippen molar-refractivity contribution >= 4 is 15.7 Å². The van der Waals surface area contributed by atoms with Crippen LogP contribution in [0.3, 0.4) is 0 Å². The van der Waals surface area contributed by atoms with Crippen molar-refractivity contribution in [3.63, 3.8) is 0 Å². The Hall–Kier alpha value is -2.35. The Balaban J connectivity index is 1.68. The molecule has 28 heavy (non-hydrogen) atoms. The minimum absolute atomic E-state index is 0.0529. The van der Waals surface area contributed by atoms with Crippen molar-refractivity contribution in [2.24, 2.45) is 0 Å². The largest absolute Gasteiger partial charge is 0.489 e. The average molecular weight is 407 g/mol. The van der Waals surface area contributed by atoms with Gasteiger partial charge in [-0.1, -0.05) is 12.1 Å². The predicted octanol–water partition coefficient (Wildman–Crippen LogP) is 2.91. The number of nitrogens with zero attached hydrogens (tertiary/aromatic N) is 2. The summed E-state index contributed by atoms with van der Waals surface area (Å²) < 4.78 is 34.5. The molecule has 1 fully saturated rings. The van der Waals surface area contributed by atoms with E-state index in [9.17, 15) is 13.2 Å². The average Bonchev–Trinajstić information content (AvgIpc) is 3.19. The molecule has 1 aromatic carbocycles. The fourth-order valence-corrected chi connectivity index (χ4v) is 5.17. The van der Waals surface area contributed by atoms with Crippen molar-refractivity contribution in [3.05, 3.63) is 46.8 Å². The standard InChI is InChI=1S/C20H26N2O5S/c1-4-10-22(17-9-11-28(24,25)13-17)20(23)16-5-7-18(8-6-16)26-12-19-14(2)21-27-15(19)3/h5-8,17H,4,9-13H2,1-3H3. The highest BCUT2D eigenvalue weighted by molar-refractivity contribution is 7.91. The van der Waals surface area contributed by atoms with Gasteiger partial charge in [0.1, 0.15) is 18.1 Å². The van der Waals surface area contributed by atoms with Gasteiger partial charge in [-0.15, -0.1) is 0 Å². The first kappa shape index (κ1) is 20.4. The normalized spacial score (nSPS) is 18.2. The monoisotopic (exact) mass is 406 g/mol. The van der Waals surface area contributed by atoms with Gasteiger partial charge in [-0.05, 0) is 51.0 Å². The SMILES string of the molecule is CCCN(C(=O)c1ccc(OCc2c(C)noc2C)cc1)C1CCS(=O)(=O)C1. The lowest BCUT2D eigenvalue weighted by molar-refractivity contribution is 0.0697. The number of carbonyl (C=O) groups excluding carboxylic acids is 1. The van der Waals surface area contributed by atoms with E-state index in [0.717, 1.165) is 23.4 Å². The molecule has 2 aromatic rings. The van der Waals surface area contributed by atoms with Gasteiger partial charge in [0.2, 0.25) is 0 Å². The van der Waals surface area contributed by atoms with E-state index in [2.05, 4.69) is 5.16 Å². The van der Waals surface area contributed by atoms with E-state index in [-0.39, 0.29) is 23.5 Å². The molecule has 0 radical (unpaired) electrons. The Labute approximate surface area is 165 Å². The van der Waals surface area contributed by atoms with Crippen molar-refractivity contribution in [2.75, 3.05) is 18.1 Å². The second-order valence-electron chi connectivity index (χ2n) is 7.17. The van der Waals surface area contributed by atoms with Gasteiger partial charge in [0, 0.05) is 18.2 Å². The summed E-state index contributed by atoms with van der Waals surface area (Å²) in [6.07, 6.45) is 1.29. The van der Waals surface area contributed by atoms with Crippen LogP contribution in [-0.4, -0.2) is 48.5 Å². The Morgan fingerprint density at radius 1 is 1.29 bits per heavy atom. The number of rotatable bonds is 7. The summed E-state index contributed by atoms with van der Waals surface area (Å²) in [5.74, 6) is 1.44. The number of aryl methyl sites for hydroxylation is 2. The van der Waals surface area contributed by atoms with Crippen molar-refractivity contribution in [1.29, 1.82) is 0 Å². The van der Waals surface area contributed by atoms with Crippen LogP contribution in [0.5, 0.6) is 5.75 Å². The van der Waals surface area contributed by atoms with Gasteiger partial charge in [0.05, 0.1) is 22.8 Å². The number of ether oxygens (including phenoxy) is 1. The lowest BCUT2D eigenvalue weighted by Crippen LogP contribution is -2.41. The number of benzene rings is 1. The van der Waals surface area contributed by atoms with E-state index < -0.39 is 9.84 Å². The smallest absolute Gasteiger partial charge is 0.254 e.